The molecule has 3 amide bonds. The predicted molar refractivity (Wildman–Crippen MR) is 110 cm³/mol. The summed E-state index contributed by atoms with van der Waals surface area (Å²) in [5.74, 6) is 0.0387. The molecule has 1 atom stereocenters. The molecule has 3 heterocycles. The molecule has 0 saturated heterocycles. The van der Waals surface area contributed by atoms with Crippen molar-refractivity contribution in [3.63, 3.8) is 0 Å². The summed E-state index contributed by atoms with van der Waals surface area (Å²) < 4.78 is 1.92. The van der Waals surface area contributed by atoms with Crippen LogP contribution in [0, 0.1) is 0 Å². The Morgan fingerprint density at radius 2 is 1.93 bits per heavy atom. The SMILES string of the molecule is O=C(CCC1NC(=O)c2ccccc2NC1=O)NCCCc1nnc2ccccn12. The second-order valence-corrected chi connectivity index (χ2v) is 7.10. The van der Waals surface area contributed by atoms with E-state index in [0.717, 1.165) is 17.9 Å². The zero-order valence-corrected chi connectivity index (χ0v) is 16.3. The van der Waals surface area contributed by atoms with Gasteiger partial charge in [0.25, 0.3) is 5.91 Å². The highest BCUT2D eigenvalue weighted by Gasteiger charge is 2.27. The van der Waals surface area contributed by atoms with Crippen molar-refractivity contribution in [2.75, 3.05) is 11.9 Å². The van der Waals surface area contributed by atoms with Gasteiger partial charge in [0.1, 0.15) is 11.9 Å². The summed E-state index contributed by atoms with van der Waals surface area (Å²) in [6.45, 7) is 0.495. The number of benzene rings is 1. The predicted octanol–water partition coefficient (Wildman–Crippen LogP) is 1.31. The normalized spacial score (nSPS) is 15.8. The van der Waals surface area contributed by atoms with E-state index in [1.165, 1.54) is 0 Å². The molecule has 0 bridgehead atoms. The van der Waals surface area contributed by atoms with Gasteiger partial charge in [0.15, 0.2) is 5.65 Å². The van der Waals surface area contributed by atoms with Crippen LogP contribution in [0.2, 0.25) is 0 Å². The number of amides is 3. The van der Waals surface area contributed by atoms with Crippen molar-refractivity contribution in [3.05, 3.63) is 60.0 Å². The minimum atomic E-state index is -0.752. The van der Waals surface area contributed by atoms with Crippen LogP contribution in [-0.4, -0.2) is 44.9 Å². The first-order chi connectivity index (χ1) is 14.6. The Balaban J connectivity index is 1.22. The van der Waals surface area contributed by atoms with Crippen LogP contribution in [-0.2, 0) is 16.0 Å². The molecular weight excluding hydrogens is 384 g/mol. The van der Waals surface area contributed by atoms with Gasteiger partial charge in [-0.25, -0.2) is 0 Å². The van der Waals surface area contributed by atoms with Crippen LogP contribution in [0.25, 0.3) is 5.65 Å². The molecule has 1 aromatic carbocycles. The number of fused-ring (bicyclic) bond motifs is 2. The number of carbonyl (C=O) groups is 3. The number of aryl methyl sites for hydroxylation is 1. The number of rotatable bonds is 7. The Kier molecular flexibility index (Phi) is 5.69. The molecule has 0 radical (unpaired) electrons. The lowest BCUT2D eigenvalue weighted by Gasteiger charge is -2.14. The highest BCUT2D eigenvalue weighted by molar-refractivity contribution is 6.09. The molecule has 3 aromatic rings. The van der Waals surface area contributed by atoms with E-state index in [9.17, 15) is 14.4 Å². The molecule has 3 N–H and O–H groups in total. The summed E-state index contributed by atoms with van der Waals surface area (Å²) in [5, 5.41) is 16.6. The van der Waals surface area contributed by atoms with E-state index in [1.54, 1.807) is 24.3 Å². The Labute approximate surface area is 172 Å². The second-order valence-electron chi connectivity index (χ2n) is 7.10. The van der Waals surface area contributed by atoms with E-state index in [0.29, 0.717) is 24.2 Å². The van der Waals surface area contributed by atoms with Crippen LogP contribution in [0.3, 0.4) is 0 Å². The quantitative estimate of drug-likeness (QED) is 0.512. The van der Waals surface area contributed by atoms with Gasteiger partial charge in [-0.2, -0.15) is 0 Å². The van der Waals surface area contributed by atoms with E-state index in [1.807, 2.05) is 28.8 Å². The zero-order chi connectivity index (χ0) is 20.9. The van der Waals surface area contributed by atoms with E-state index < -0.39 is 6.04 Å². The third kappa shape index (κ3) is 4.29. The number of aromatic nitrogens is 3. The van der Waals surface area contributed by atoms with Crippen LogP contribution < -0.4 is 16.0 Å². The van der Waals surface area contributed by atoms with Gasteiger partial charge in [0, 0.05) is 25.6 Å². The summed E-state index contributed by atoms with van der Waals surface area (Å²) in [7, 11) is 0. The van der Waals surface area contributed by atoms with Crippen molar-refractivity contribution in [2.45, 2.75) is 31.7 Å². The number of para-hydroxylation sites is 1. The molecule has 0 spiro atoms. The Bertz CT molecular complexity index is 1090. The van der Waals surface area contributed by atoms with Gasteiger partial charge >= 0.3 is 0 Å². The molecule has 1 aliphatic heterocycles. The second kappa shape index (κ2) is 8.73. The first-order valence-electron chi connectivity index (χ1n) is 9.88. The molecule has 0 saturated carbocycles. The van der Waals surface area contributed by atoms with Crippen molar-refractivity contribution in [2.24, 2.45) is 0 Å². The summed E-state index contributed by atoms with van der Waals surface area (Å²) in [6.07, 6.45) is 3.69. The smallest absolute Gasteiger partial charge is 0.254 e. The van der Waals surface area contributed by atoms with Gasteiger partial charge in [-0.3, -0.25) is 18.8 Å². The summed E-state index contributed by atoms with van der Waals surface area (Å²) in [4.78, 5) is 36.8. The molecule has 30 heavy (non-hydrogen) atoms. The van der Waals surface area contributed by atoms with Crippen LogP contribution >= 0.6 is 0 Å². The van der Waals surface area contributed by atoms with Gasteiger partial charge in [-0.1, -0.05) is 18.2 Å². The van der Waals surface area contributed by atoms with Gasteiger partial charge in [0.05, 0.1) is 11.3 Å². The lowest BCUT2D eigenvalue weighted by Crippen LogP contribution is -2.42. The average Bonchev–Trinajstić information content (AvgIpc) is 3.12. The van der Waals surface area contributed by atoms with Crippen LogP contribution in [0.5, 0.6) is 0 Å². The van der Waals surface area contributed by atoms with Gasteiger partial charge in [-0.05, 0) is 37.1 Å². The van der Waals surface area contributed by atoms with E-state index >= 15 is 0 Å². The number of hydrogen-bond acceptors (Lipinski definition) is 5. The summed E-state index contributed by atoms with van der Waals surface area (Å²) in [5.41, 5.74) is 1.69. The summed E-state index contributed by atoms with van der Waals surface area (Å²) >= 11 is 0. The number of anilines is 1. The molecule has 1 unspecified atom stereocenters. The van der Waals surface area contributed by atoms with Crippen molar-refractivity contribution in [1.29, 1.82) is 0 Å². The fraction of sp³-hybridized carbons (Fsp3) is 0.286. The molecule has 4 rings (SSSR count). The first-order valence-corrected chi connectivity index (χ1v) is 9.88. The highest BCUT2D eigenvalue weighted by Crippen LogP contribution is 2.19. The molecule has 0 fully saturated rings. The Morgan fingerprint density at radius 3 is 2.83 bits per heavy atom. The highest BCUT2D eigenvalue weighted by atomic mass is 16.2. The minimum absolute atomic E-state index is 0.141. The average molecular weight is 406 g/mol. The topological polar surface area (TPSA) is 117 Å². The van der Waals surface area contributed by atoms with Crippen LogP contribution in [0.4, 0.5) is 5.69 Å². The molecule has 1 aliphatic rings. The number of hydrogen-bond donors (Lipinski definition) is 3. The maximum atomic E-state index is 12.4. The molecule has 9 nitrogen and oxygen atoms in total. The van der Waals surface area contributed by atoms with Gasteiger partial charge in [-0.15, -0.1) is 10.2 Å². The third-order valence-corrected chi connectivity index (χ3v) is 5.00. The molecule has 9 heteroatoms. The number of nitrogens with zero attached hydrogens (tertiary/aromatic N) is 3. The Morgan fingerprint density at radius 1 is 1.10 bits per heavy atom. The maximum Gasteiger partial charge on any atom is 0.254 e. The van der Waals surface area contributed by atoms with Gasteiger partial charge < -0.3 is 16.0 Å². The largest absolute Gasteiger partial charge is 0.356 e. The summed E-state index contributed by atoms with van der Waals surface area (Å²) in [6, 6.07) is 11.8. The van der Waals surface area contributed by atoms with Crippen molar-refractivity contribution < 1.29 is 14.4 Å². The van der Waals surface area contributed by atoms with E-state index in [-0.39, 0.29) is 30.6 Å². The fourth-order valence-electron chi connectivity index (χ4n) is 3.41. The number of nitrogens with one attached hydrogen (secondary N) is 3. The van der Waals surface area contributed by atoms with Crippen LogP contribution in [0.15, 0.2) is 48.7 Å². The van der Waals surface area contributed by atoms with Crippen molar-refractivity contribution in [1.82, 2.24) is 25.2 Å². The molecular formula is C21H22N6O3. The zero-order valence-electron chi connectivity index (χ0n) is 16.3. The minimum Gasteiger partial charge on any atom is -0.356 e. The fourth-order valence-corrected chi connectivity index (χ4v) is 3.41. The van der Waals surface area contributed by atoms with Crippen molar-refractivity contribution in [3.8, 4) is 0 Å². The number of pyridine rings is 1. The standard InChI is InChI=1S/C21H22N6O3/c28-19(22-12-5-9-18-26-25-17-8-3-4-13-27(17)18)11-10-16-21(30)23-15-7-2-1-6-14(15)20(29)24-16/h1-4,6-8,13,16H,5,9-12H2,(H,22,28)(H,23,30)(H,24,29). The van der Waals surface area contributed by atoms with E-state index in [2.05, 4.69) is 26.1 Å². The molecule has 0 aliphatic carbocycles. The van der Waals surface area contributed by atoms with E-state index in [4.69, 9.17) is 0 Å². The Hall–Kier alpha value is -3.75. The lowest BCUT2D eigenvalue weighted by atomic mass is 10.1. The monoisotopic (exact) mass is 406 g/mol. The van der Waals surface area contributed by atoms with Crippen molar-refractivity contribution >= 4 is 29.1 Å². The van der Waals surface area contributed by atoms with Gasteiger partial charge in [0.2, 0.25) is 11.8 Å². The lowest BCUT2D eigenvalue weighted by molar-refractivity contribution is -0.121. The first kappa shape index (κ1) is 19.6. The maximum absolute atomic E-state index is 12.4. The number of carbonyl (C=O) groups excluding carboxylic acids is 3. The van der Waals surface area contributed by atoms with Crippen LogP contribution in [0.1, 0.15) is 35.4 Å². The molecule has 154 valence electrons. The third-order valence-electron chi connectivity index (χ3n) is 5.00. The molecule has 2 aromatic heterocycles.